The molecule has 7 nitrogen and oxygen atoms in total. The third kappa shape index (κ3) is 3.24. The second-order valence-corrected chi connectivity index (χ2v) is 6.69. The molecule has 132 valence electrons. The highest BCUT2D eigenvalue weighted by atomic mass is 16.4. The molecular formula is C18H23N5O2. The fourth-order valence-electron chi connectivity index (χ4n) is 3.69. The van der Waals surface area contributed by atoms with Crippen molar-refractivity contribution < 1.29 is 9.52 Å². The van der Waals surface area contributed by atoms with E-state index in [1.165, 1.54) is 12.7 Å². The van der Waals surface area contributed by atoms with E-state index in [0.29, 0.717) is 18.0 Å². The Balaban J connectivity index is 1.67. The van der Waals surface area contributed by atoms with Gasteiger partial charge in [-0.2, -0.15) is 14.6 Å². The van der Waals surface area contributed by atoms with Crippen LogP contribution in [0.2, 0.25) is 0 Å². The minimum atomic E-state index is -0.602. The molecule has 1 N–H and O–H groups in total. The molecule has 2 atom stereocenters. The fourth-order valence-corrected chi connectivity index (χ4v) is 3.69. The Kier molecular flexibility index (Phi) is 4.40. The van der Waals surface area contributed by atoms with E-state index < -0.39 is 6.10 Å². The summed E-state index contributed by atoms with van der Waals surface area (Å²) < 4.78 is 7.18. The van der Waals surface area contributed by atoms with E-state index in [1.54, 1.807) is 10.8 Å². The first-order chi connectivity index (χ1) is 12.2. The van der Waals surface area contributed by atoms with Gasteiger partial charge in [0.15, 0.2) is 0 Å². The lowest BCUT2D eigenvalue weighted by Crippen LogP contribution is -2.37. The number of hydrogen-bond donors (Lipinski definition) is 1. The summed E-state index contributed by atoms with van der Waals surface area (Å²) in [6.45, 7) is 2.91. The lowest BCUT2D eigenvalue weighted by atomic mass is 10.0. The third-order valence-electron chi connectivity index (χ3n) is 4.90. The van der Waals surface area contributed by atoms with Gasteiger partial charge in [0.25, 0.3) is 5.78 Å². The quantitative estimate of drug-likeness (QED) is 0.786. The van der Waals surface area contributed by atoms with Crippen LogP contribution in [0, 0.1) is 6.92 Å². The average molecular weight is 341 g/mol. The summed E-state index contributed by atoms with van der Waals surface area (Å²) in [4.78, 5) is 11.0. The summed E-state index contributed by atoms with van der Waals surface area (Å²) in [6, 6.07) is 5.92. The van der Waals surface area contributed by atoms with Gasteiger partial charge in [0.1, 0.15) is 24.0 Å². The minimum Gasteiger partial charge on any atom is -0.467 e. The zero-order valence-corrected chi connectivity index (χ0v) is 14.4. The van der Waals surface area contributed by atoms with Crippen LogP contribution in [-0.4, -0.2) is 37.3 Å². The minimum absolute atomic E-state index is 0.219. The van der Waals surface area contributed by atoms with Gasteiger partial charge in [-0.05, 0) is 31.9 Å². The van der Waals surface area contributed by atoms with Crippen molar-refractivity contribution in [3.63, 3.8) is 0 Å². The topological polar surface area (TPSA) is 79.7 Å². The Morgan fingerprint density at radius 1 is 1.36 bits per heavy atom. The number of anilines is 1. The van der Waals surface area contributed by atoms with E-state index in [-0.39, 0.29) is 6.04 Å². The molecule has 3 aromatic heterocycles. The van der Waals surface area contributed by atoms with Crippen molar-refractivity contribution in [3.8, 4) is 0 Å². The molecule has 0 aliphatic carbocycles. The lowest BCUT2D eigenvalue weighted by molar-refractivity contribution is 0.129. The van der Waals surface area contributed by atoms with Crippen LogP contribution in [0.15, 0.2) is 35.2 Å². The van der Waals surface area contributed by atoms with Crippen molar-refractivity contribution in [2.75, 3.05) is 11.4 Å². The second kappa shape index (κ2) is 6.84. The number of furan rings is 1. The van der Waals surface area contributed by atoms with Crippen LogP contribution in [0.3, 0.4) is 0 Å². The van der Waals surface area contributed by atoms with Crippen LogP contribution in [0.4, 0.5) is 5.82 Å². The van der Waals surface area contributed by atoms with Crippen LogP contribution in [0.5, 0.6) is 0 Å². The van der Waals surface area contributed by atoms with Gasteiger partial charge in [0.2, 0.25) is 0 Å². The number of rotatable bonds is 4. The zero-order chi connectivity index (χ0) is 17.2. The van der Waals surface area contributed by atoms with E-state index in [1.807, 2.05) is 19.1 Å². The molecule has 1 aliphatic heterocycles. The van der Waals surface area contributed by atoms with Gasteiger partial charge in [-0.25, -0.2) is 4.98 Å². The predicted molar refractivity (Wildman–Crippen MR) is 93.4 cm³/mol. The monoisotopic (exact) mass is 341 g/mol. The summed E-state index contributed by atoms with van der Waals surface area (Å²) in [5.74, 6) is 2.24. The molecule has 0 saturated carbocycles. The van der Waals surface area contributed by atoms with E-state index in [2.05, 4.69) is 26.0 Å². The number of aryl methyl sites for hydroxylation is 1. The highest BCUT2D eigenvalue weighted by Crippen LogP contribution is 2.30. The highest BCUT2D eigenvalue weighted by molar-refractivity contribution is 5.48. The van der Waals surface area contributed by atoms with Crippen LogP contribution < -0.4 is 4.90 Å². The largest absolute Gasteiger partial charge is 0.467 e. The molecule has 1 fully saturated rings. The first kappa shape index (κ1) is 16.1. The molecule has 3 aromatic rings. The summed E-state index contributed by atoms with van der Waals surface area (Å²) in [5.41, 5.74) is 0.921. The number of hydrogen-bond acceptors (Lipinski definition) is 6. The summed E-state index contributed by atoms with van der Waals surface area (Å²) in [7, 11) is 0. The summed E-state index contributed by atoms with van der Waals surface area (Å²) in [5, 5.41) is 14.9. The Bertz CT molecular complexity index is 829. The van der Waals surface area contributed by atoms with Crippen molar-refractivity contribution in [2.45, 2.75) is 51.2 Å². The van der Waals surface area contributed by atoms with Gasteiger partial charge in [0, 0.05) is 30.8 Å². The van der Waals surface area contributed by atoms with E-state index in [9.17, 15) is 5.11 Å². The Hall–Kier alpha value is -2.41. The number of aliphatic hydroxyl groups excluding tert-OH is 1. The smallest absolute Gasteiger partial charge is 0.254 e. The molecule has 0 amide bonds. The highest BCUT2D eigenvalue weighted by Gasteiger charge is 2.27. The number of aliphatic hydroxyl groups is 1. The van der Waals surface area contributed by atoms with Gasteiger partial charge < -0.3 is 14.4 Å². The molecule has 0 spiro atoms. The van der Waals surface area contributed by atoms with Crippen molar-refractivity contribution >= 4 is 11.6 Å². The molecule has 0 bridgehead atoms. The second-order valence-electron chi connectivity index (χ2n) is 6.69. The molecule has 0 unspecified atom stereocenters. The standard InChI is InChI=1S/C18H23N5O2/c1-13-10-17(23-18(21-13)19-12-20-23)22-8-4-2-3-6-14(22)11-15(24)16-7-5-9-25-16/h5,7,9-10,12,14-15,24H,2-4,6,8,11H2,1H3/t14-,15-/m0/s1. The number of fused-ring (bicyclic) bond motifs is 1. The summed E-state index contributed by atoms with van der Waals surface area (Å²) >= 11 is 0. The van der Waals surface area contributed by atoms with Crippen molar-refractivity contribution in [3.05, 3.63) is 42.2 Å². The van der Waals surface area contributed by atoms with E-state index in [0.717, 1.165) is 37.3 Å². The Morgan fingerprint density at radius 2 is 2.28 bits per heavy atom. The van der Waals surface area contributed by atoms with Crippen molar-refractivity contribution in [2.24, 2.45) is 0 Å². The normalized spacial score (nSPS) is 19.9. The lowest BCUT2D eigenvalue weighted by Gasteiger charge is -2.33. The van der Waals surface area contributed by atoms with Crippen LogP contribution in [-0.2, 0) is 0 Å². The maximum absolute atomic E-state index is 10.6. The first-order valence-corrected chi connectivity index (χ1v) is 8.88. The molecule has 4 rings (SSSR count). The maximum atomic E-state index is 10.6. The van der Waals surface area contributed by atoms with Crippen LogP contribution >= 0.6 is 0 Å². The average Bonchev–Trinajstić information content (AvgIpc) is 3.23. The Morgan fingerprint density at radius 3 is 3.12 bits per heavy atom. The van der Waals surface area contributed by atoms with Crippen LogP contribution in [0.1, 0.15) is 49.7 Å². The molecule has 4 heterocycles. The van der Waals surface area contributed by atoms with Gasteiger partial charge >= 0.3 is 0 Å². The predicted octanol–water partition coefficient (Wildman–Crippen LogP) is 2.90. The fraction of sp³-hybridized carbons (Fsp3) is 0.500. The van der Waals surface area contributed by atoms with Crippen molar-refractivity contribution in [1.29, 1.82) is 0 Å². The summed E-state index contributed by atoms with van der Waals surface area (Å²) in [6.07, 6.45) is 7.70. The third-order valence-corrected chi connectivity index (χ3v) is 4.90. The molecule has 7 heteroatoms. The van der Waals surface area contributed by atoms with Gasteiger partial charge in [-0.15, -0.1) is 0 Å². The molecule has 1 saturated heterocycles. The van der Waals surface area contributed by atoms with Gasteiger partial charge in [-0.3, -0.25) is 0 Å². The molecule has 0 aromatic carbocycles. The molecule has 0 radical (unpaired) electrons. The number of aromatic nitrogens is 4. The molecular weight excluding hydrogens is 318 g/mol. The van der Waals surface area contributed by atoms with Gasteiger partial charge in [0.05, 0.1) is 6.26 Å². The maximum Gasteiger partial charge on any atom is 0.254 e. The zero-order valence-electron chi connectivity index (χ0n) is 14.4. The van der Waals surface area contributed by atoms with Crippen LogP contribution in [0.25, 0.3) is 5.78 Å². The SMILES string of the molecule is Cc1cc(N2CCCCC[C@H]2C[C@H](O)c2ccco2)n2ncnc2n1. The molecule has 25 heavy (non-hydrogen) atoms. The van der Waals surface area contributed by atoms with Crippen molar-refractivity contribution in [1.82, 2.24) is 19.6 Å². The Labute approximate surface area is 146 Å². The van der Waals surface area contributed by atoms with E-state index in [4.69, 9.17) is 4.42 Å². The first-order valence-electron chi connectivity index (χ1n) is 8.88. The molecule has 1 aliphatic rings. The number of nitrogens with zero attached hydrogens (tertiary/aromatic N) is 5. The van der Waals surface area contributed by atoms with E-state index >= 15 is 0 Å². The van der Waals surface area contributed by atoms with Gasteiger partial charge in [-0.1, -0.05) is 12.8 Å².